The summed E-state index contributed by atoms with van der Waals surface area (Å²) in [4.78, 5) is 10.3. The number of hydrogen-bond donors (Lipinski definition) is 2. The Bertz CT molecular complexity index is 102. The molecular weight excluding hydrogens is 124 g/mol. The fraction of sp³-hybridized carbons (Fsp3) is 0.800. The van der Waals surface area contributed by atoms with Crippen LogP contribution in [0.2, 0.25) is 0 Å². The van der Waals surface area contributed by atoms with Gasteiger partial charge in [-0.05, 0) is 6.92 Å². The van der Waals surface area contributed by atoms with E-state index < -0.39 is 11.8 Å². The zero-order valence-corrected chi connectivity index (χ0v) is 5.42. The minimum absolute atomic E-state index is 0.148. The molecule has 9 heavy (non-hydrogen) atoms. The summed E-state index contributed by atoms with van der Waals surface area (Å²) in [7, 11) is 0. The third-order valence-electron chi connectivity index (χ3n) is 0.662. The highest BCUT2D eigenvalue weighted by Gasteiger charge is 2.27. The molecule has 0 saturated carbocycles. The predicted molar refractivity (Wildman–Crippen MR) is 29.5 cm³/mol. The van der Waals surface area contributed by atoms with Gasteiger partial charge in [0.2, 0.25) is 0 Å². The molecule has 0 fully saturated rings. The molecule has 0 heterocycles. The quantitative estimate of drug-likeness (QED) is 0.385. The highest BCUT2D eigenvalue weighted by atomic mass is 16.6. The zero-order chi connectivity index (χ0) is 7.49. The van der Waals surface area contributed by atoms with Crippen molar-refractivity contribution in [2.75, 3.05) is 6.61 Å². The van der Waals surface area contributed by atoms with Crippen molar-refractivity contribution in [1.29, 1.82) is 0 Å². The lowest BCUT2D eigenvalue weighted by atomic mass is 10.3. The summed E-state index contributed by atoms with van der Waals surface area (Å²) in [6.45, 7) is 2.68. The topological polar surface area (TPSA) is 66.8 Å². The lowest BCUT2D eigenvalue weighted by Crippen LogP contribution is -2.36. The Morgan fingerprint density at radius 1 is 1.67 bits per heavy atom. The summed E-state index contributed by atoms with van der Waals surface area (Å²) < 4.78 is 4.27. The number of carbonyl (C=O) groups is 1. The van der Waals surface area contributed by atoms with Gasteiger partial charge in [-0.25, -0.2) is 4.79 Å². The second-order valence-electron chi connectivity index (χ2n) is 1.74. The highest BCUT2D eigenvalue weighted by Crippen LogP contribution is 1.98. The SMILES string of the molecule is CCOC(=O)C(C)(O)O. The van der Waals surface area contributed by atoms with Gasteiger partial charge in [-0.3, -0.25) is 0 Å². The molecule has 0 aliphatic rings. The fourth-order valence-corrected chi connectivity index (χ4v) is 0.268. The first-order valence-electron chi connectivity index (χ1n) is 2.60. The van der Waals surface area contributed by atoms with E-state index in [0.717, 1.165) is 6.92 Å². The molecule has 0 unspecified atom stereocenters. The van der Waals surface area contributed by atoms with Gasteiger partial charge in [-0.2, -0.15) is 0 Å². The molecule has 0 aromatic carbocycles. The van der Waals surface area contributed by atoms with E-state index in [0.29, 0.717) is 0 Å². The molecule has 0 aromatic heterocycles. The minimum Gasteiger partial charge on any atom is -0.462 e. The van der Waals surface area contributed by atoms with Crippen LogP contribution in [0.5, 0.6) is 0 Å². The van der Waals surface area contributed by atoms with Crippen LogP contribution in [-0.2, 0) is 9.53 Å². The molecule has 0 rings (SSSR count). The molecule has 2 N–H and O–H groups in total. The van der Waals surface area contributed by atoms with Crippen LogP contribution in [0.3, 0.4) is 0 Å². The molecule has 0 bridgehead atoms. The lowest BCUT2D eigenvalue weighted by Gasteiger charge is -2.12. The first kappa shape index (κ1) is 8.39. The lowest BCUT2D eigenvalue weighted by molar-refractivity contribution is -0.202. The van der Waals surface area contributed by atoms with Crippen LogP contribution in [0.15, 0.2) is 0 Å². The van der Waals surface area contributed by atoms with Crippen LogP contribution < -0.4 is 0 Å². The molecule has 0 aromatic rings. The molecule has 0 spiro atoms. The molecule has 4 nitrogen and oxygen atoms in total. The Balaban J connectivity index is 3.74. The maximum absolute atomic E-state index is 10.3. The number of hydrogen-bond acceptors (Lipinski definition) is 4. The van der Waals surface area contributed by atoms with Crippen LogP contribution >= 0.6 is 0 Å². The predicted octanol–water partition coefficient (Wildman–Crippen LogP) is -0.750. The van der Waals surface area contributed by atoms with E-state index in [1.807, 2.05) is 0 Å². The third kappa shape index (κ3) is 3.05. The summed E-state index contributed by atoms with van der Waals surface area (Å²) in [5.74, 6) is -3.37. The van der Waals surface area contributed by atoms with Crippen LogP contribution in [0, 0.1) is 0 Å². The molecule has 4 heteroatoms. The monoisotopic (exact) mass is 134 g/mol. The second-order valence-corrected chi connectivity index (χ2v) is 1.74. The van der Waals surface area contributed by atoms with Crippen molar-refractivity contribution in [3.63, 3.8) is 0 Å². The first-order valence-corrected chi connectivity index (χ1v) is 2.60. The van der Waals surface area contributed by atoms with Crippen molar-refractivity contribution in [3.8, 4) is 0 Å². The third-order valence-corrected chi connectivity index (χ3v) is 0.662. The summed E-state index contributed by atoms with van der Waals surface area (Å²) in [6.07, 6.45) is 0. The molecule has 0 amide bonds. The molecule has 0 saturated heterocycles. The van der Waals surface area contributed by atoms with Crippen LogP contribution in [0.25, 0.3) is 0 Å². The molecule has 0 radical (unpaired) electrons. The number of esters is 1. The number of carbonyl (C=O) groups excluding carboxylic acids is 1. The average molecular weight is 134 g/mol. The molecule has 54 valence electrons. The first-order chi connectivity index (χ1) is 3.98. The van der Waals surface area contributed by atoms with Gasteiger partial charge in [0.05, 0.1) is 6.61 Å². The highest BCUT2D eigenvalue weighted by molar-refractivity contribution is 5.76. The van der Waals surface area contributed by atoms with Crippen LogP contribution in [0.1, 0.15) is 13.8 Å². The van der Waals surface area contributed by atoms with E-state index in [2.05, 4.69) is 4.74 Å². The smallest absolute Gasteiger partial charge is 0.366 e. The van der Waals surface area contributed by atoms with Crippen molar-refractivity contribution in [2.24, 2.45) is 0 Å². The van der Waals surface area contributed by atoms with E-state index in [9.17, 15) is 4.79 Å². The van der Waals surface area contributed by atoms with E-state index >= 15 is 0 Å². The van der Waals surface area contributed by atoms with Crippen molar-refractivity contribution >= 4 is 5.97 Å². The molecule has 0 atom stereocenters. The van der Waals surface area contributed by atoms with Gasteiger partial charge in [-0.15, -0.1) is 0 Å². The Morgan fingerprint density at radius 2 is 2.11 bits per heavy atom. The summed E-state index contributed by atoms with van der Waals surface area (Å²) in [5, 5.41) is 17.0. The van der Waals surface area contributed by atoms with E-state index in [1.54, 1.807) is 6.92 Å². The van der Waals surface area contributed by atoms with Crippen molar-refractivity contribution in [3.05, 3.63) is 0 Å². The van der Waals surface area contributed by atoms with Crippen LogP contribution in [0.4, 0.5) is 0 Å². The second kappa shape index (κ2) is 2.80. The average Bonchev–Trinajstić information content (AvgIpc) is 1.64. The van der Waals surface area contributed by atoms with Gasteiger partial charge in [0.15, 0.2) is 0 Å². The number of ether oxygens (including phenoxy) is 1. The fourth-order valence-electron chi connectivity index (χ4n) is 0.268. The van der Waals surface area contributed by atoms with Crippen molar-refractivity contribution in [2.45, 2.75) is 19.6 Å². The largest absolute Gasteiger partial charge is 0.462 e. The minimum atomic E-state index is -2.35. The van der Waals surface area contributed by atoms with Gasteiger partial charge in [0.25, 0.3) is 5.79 Å². The normalized spacial score (nSPS) is 11.1. The maximum atomic E-state index is 10.3. The Morgan fingerprint density at radius 3 is 2.22 bits per heavy atom. The number of rotatable bonds is 2. The zero-order valence-electron chi connectivity index (χ0n) is 5.42. The Labute approximate surface area is 53.1 Å². The van der Waals surface area contributed by atoms with Gasteiger partial charge in [0, 0.05) is 6.92 Å². The van der Waals surface area contributed by atoms with Crippen molar-refractivity contribution in [1.82, 2.24) is 0 Å². The van der Waals surface area contributed by atoms with Gasteiger partial charge < -0.3 is 14.9 Å². The van der Waals surface area contributed by atoms with Crippen molar-refractivity contribution < 1.29 is 19.7 Å². The number of aliphatic hydroxyl groups is 2. The van der Waals surface area contributed by atoms with Gasteiger partial charge in [-0.1, -0.05) is 0 Å². The Kier molecular flexibility index (Phi) is 2.61. The summed E-state index contributed by atoms with van der Waals surface area (Å²) in [5.41, 5.74) is 0. The molecular formula is C5H10O4. The molecule has 0 aliphatic carbocycles. The summed E-state index contributed by atoms with van der Waals surface area (Å²) >= 11 is 0. The van der Waals surface area contributed by atoms with Gasteiger partial charge >= 0.3 is 5.97 Å². The van der Waals surface area contributed by atoms with E-state index in [1.165, 1.54) is 0 Å². The van der Waals surface area contributed by atoms with Crippen LogP contribution in [-0.4, -0.2) is 28.6 Å². The van der Waals surface area contributed by atoms with Gasteiger partial charge in [0.1, 0.15) is 0 Å². The Hall–Kier alpha value is -0.610. The summed E-state index contributed by atoms with van der Waals surface area (Å²) in [6, 6.07) is 0. The standard InChI is InChI=1S/C5H10O4/c1-3-9-4(6)5(2,7)8/h7-8H,3H2,1-2H3. The van der Waals surface area contributed by atoms with E-state index in [-0.39, 0.29) is 6.61 Å². The van der Waals surface area contributed by atoms with E-state index in [4.69, 9.17) is 10.2 Å². The molecule has 0 aliphatic heterocycles. The maximum Gasteiger partial charge on any atom is 0.366 e.